The third-order valence-electron chi connectivity index (χ3n) is 8.67. The second kappa shape index (κ2) is 9.75. The third kappa shape index (κ3) is 4.57. The number of anilines is 1. The van der Waals surface area contributed by atoms with E-state index in [2.05, 4.69) is 47.5 Å². The van der Waals surface area contributed by atoms with Crippen molar-refractivity contribution in [2.24, 2.45) is 23.4 Å². The van der Waals surface area contributed by atoms with E-state index in [1.165, 1.54) is 0 Å². The number of aliphatic imine (C=N–C) groups is 1. The zero-order chi connectivity index (χ0) is 30.1. The van der Waals surface area contributed by atoms with Crippen LogP contribution in [0.4, 0.5) is 11.4 Å². The van der Waals surface area contributed by atoms with Crippen LogP contribution < -0.4 is 10.9 Å². The molecule has 0 spiro atoms. The van der Waals surface area contributed by atoms with Gasteiger partial charge < -0.3 is 9.88 Å². The highest BCUT2D eigenvalue weighted by molar-refractivity contribution is 6.36. The van der Waals surface area contributed by atoms with Gasteiger partial charge in [-0.15, -0.1) is 5.10 Å². The second-order valence-corrected chi connectivity index (χ2v) is 13.5. The minimum Gasteiger partial charge on any atom is -0.383 e. The maximum Gasteiger partial charge on any atom is 0.258 e. The lowest BCUT2D eigenvalue weighted by molar-refractivity contribution is -0.0988. The van der Waals surface area contributed by atoms with E-state index < -0.39 is 0 Å². The van der Waals surface area contributed by atoms with Gasteiger partial charge in [0.25, 0.3) is 5.56 Å². The van der Waals surface area contributed by atoms with Crippen molar-refractivity contribution in [3.05, 3.63) is 87.2 Å². The van der Waals surface area contributed by atoms with Crippen molar-refractivity contribution in [3.63, 3.8) is 0 Å². The molecule has 10 heteroatoms. The van der Waals surface area contributed by atoms with Crippen LogP contribution in [0.2, 0.25) is 5.02 Å². The number of nitrogens with one attached hydrogen (secondary N) is 1. The van der Waals surface area contributed by atoms with Crippen molar-refractivity contribution in [1.82, 2.24) is 24.5 Å². The molecule has 0 aliphatic heterocycles. The molecule has 2 bridgehead atoms. The van der Waals surface area contributed by atoms with Crippen molar-refractivity contribution in [3.8, 4) is 6.07 Å². The van der Waals surface area contributed by atoms with Crippen LogP contribution in [-0.4, -0.2) is 36.8 Å². The van der Waals surface area contributed by atoms with Gasteiger partial charge in [0, 0.05) is 42.3 Å². The highest BCUT2D eigenvalue weighted by Gasteiger charge is 2.58. The fraction of sp³-hybridized carbons (Fsp3) is 0.333. The number of benzene rings is 2. The summed E-state index contributed by atoms with van der Waals surface area (Å²) >= 11 is 6.81. The first-order valence-corrected chi connectivity index (χ1v) is 14.8. The lowest BCUT2D eigenvalue weighted by Gasteiger charge is -2.61. The highest BCUT2D eigenvalue weighted by Crippen LogP contribution is 2.61. The number of nitriles is 1. The molecule has 3 fully saturated rings. The van der Waals surface area contributed by atoms with E-state index in [9.17, 15) is 10.1 Å². The van der Waals surface area contributed by atoms with Crippen molar-refractivity contribution >= 4 is 50.4 Å². The van der Waals surface area contributed by atoms with Crippen molar-refractivity contribution < 1.29 is 0 Å². The van der Waals surface area contributed by atoms with Gasteiger partial charge in [-0.3, -0.25) is 9.78 Å². The first kappa shape index (κ1) is 27.3. The van der Waals surface area contributed by atoms with Crippen LogP contribution in [0.15, 0.2) is 64.8 Å². The number of aromatic nitrogens is 5. The highest BCUT2D eigenvalue weighted by atomic mass is 35.5. The Morgan fingerprint density at radius 3 is 2.67 bits per heavy atom. The van der Waals surface area contributed by atoms with Crippen LogP contribution in [0.1, 0.15) is 56.9 Å². The normalized spacial score (nSPS) is 19.6. The van der Waals surface area contributed by atoms with E-state index in [1.807, 2.05) is 41.2 Å². The molecular formula is C33H31ClN8O. The third-order valence-corrected chi connectivity index (χ3v) is 8.96. The molecule has 0 amide bonds. The molecule has 3 saturated carbocycles. The molecule has 1 N–H and O–H groups in total. The monoisotopic (exact) mass is 590 g/mol. The van der Waals surface area contributed by atoms with Gasteiger partial charge in [0.05, 0.1) is 39.2 Å². The van der Waals surface area contributed by atoms with Gasteiger partial charge in [-0.2, -0.15) is 5.26 Å². The molecule has 8 rings (SSSR count). The molecule has 2 aromatic carbocycles. The predicted octanol–water partition coefficient (Wildman–Crippen LogP) is 6.34. The van der Waals surface area contributed by atoms with Crippen molar-refractivity contribution in [1.29, 1.82) is 5.26 Å². The van der Waals surface area contributed by atoms with Gasteiger partial charge >= 0.3 is 0 Å². The maximum atomic E-state index is 13.0. The number of rotatable bonds is 6. The molecule has 0 atom stereocenters. The van der Waals surface area contributed by atoms with Crippen LogP contribution >= 0.6 is 11.6 Å². The zero-order valence-corrected chi connectivity index (χ0v) is 25.3. The minimum atomic E-state index is -0.0883. The predicted molar refractivity (Wildman–Crippen MR) is 169 cm³/mol. The summed E-state index contributed by atoms with van der Waals surface area (Å²) in [6.45, 7) is 7.03. The summed E-state index contributed by atoms with van der Waals surface area (Å²) in [7, 11) is 1.74. The molecule has 0 radical (unpaired) electrons. The zero-order valence-electron chi connectivity index (χ0n) is 24.5. The molecule has 3 heterocycles. The summed E-state index contributed by atoms with van der Waals surface area (Å²) in [6, 6.07) is 13.5. The molecular weight excluding hydrogens is 560 g/mol. The molecule has 43 heavy (non-hydrogen) atoms. The van der Waals surface area contributed by atoms with E-state index >= 15 is 0 Å². The van der Waals surface area contributed by atoms with Gasteiger partial charge in [0.2, 0.25) is 0 Å². The van der Waals surface area contributed by atoms with Crippen LogP contribution in [-0.2, 0) is 12.6 Å². The smallest absolute Gasteiger partial charge is 0.258 e. The standard InChI is InChI=1S/C33H31ClN8O/c1-32(2,3)18-37-28-20(15-35)16-36-29-25(28)10-21(11-26(29)34)38-30(27-17-42(40-39-27)33-12-19(13-33)14-33)23-6-5-7-24-22(23)8-9-41(4)31(24)43/h5-11,16-17,19H,12-14,18H2,1-4H3,(H,36,37)/b38-30+. The van der Waals surface area contributed by atoms with Crippen LogP contribution in [0.5, 0.6) is 0 Å². The molecule has 3 aromatic heterocycles. The number of hydrogen-bond acceptors (Lipinski definition) is 7. The van der Waals surface area contributed by atoms with E-state index in [0.717, 1.165) is 36.1 Å². The molecule has 9 nitrogen and oxygen atoms in total. The molecule has 216 valence electrons. The Morgan fingerprint density at radius 2 is 1.98 bits per heavy atom. The fourth-order valence-electron chi connectivity index (χ4n) is 6.22. The quantitative estimate of drug-likeness (QED) is 0.231. The van der Waals surface area contributed by atoms with Crippen LogP contribution in [0, 0.1) is 22.7 Å². The largest absolute Gasteiger partial charge is 0.383 e. The lowest BCUT2D eigenvalue weighted by Crippen LogP contribution is -2.59. The maximum absolute atomic E-state index is 13.0. The van der Waals surface area contributed by atoms with E-state index in [-0.39, 0.29) is 16.5 Å². The Kier molecular flexibility index (Phi) is 6.19. The molecule has 0 saturated heterocycles. The Hall–Kier alpha value is -4.55. The fourth-order valence-corrected chi connectivity index (χ4v) is 6.48. The van der Waals surface area contributed by atoms with Crippen LogP contribution in [0.25, 0.3) is 21.7 Å². The average molecular weight is 591 g/mol. The Bertz CT molecular complexity index is 2060. The summed E-state index contributed by atoms with van der Waals surface area (Å²) < 4.78 is 3.56. The second-order valence-electron chi connectivity index (χ2n) is 13.1. The van der Waals surface area contributed by atoms with Gasteiger partial charge in [-0.1, -0.05) is 49.7 Å². The van der Waals surface area contributed by atoms with E-state index in [0.29, 0.717) is 56.2 Å². The topological polar surface area (TPSA) is 114 Å². The van der Waals surface area contributed by atoms with E-state index in [1.54, 1.807) is 30.1 Å². The number of halogens is 1. The molecule has 5 aromatic rings. The number of pyridine rings is 2. The first-order valence-electron chi connectivity index (χ1n) is 14.4. The summed E-state index contributed by atoms with van der Waals surface area (Å²) in [6.07, 6.45) is 8.68. The van der Waals surface area contributed by atoms with Crippen molar-refractivity contribution in [2.45, 2.75) is 45.6 Å². The Balaban J connectivity index is 1.44. The molecule has 3 aliphatic carbocycles. The van der Waals surface area contributed by atoms with Crippen LogP contribution in [0.3, 0.4) is 0 Å². The Labute approximate surface area is 253 Å². The Morgan fingerprint density at radius 1 is 1.19 bits per heavy atom. The number of nitrogens with zero attached hydrogens (tertiary/aromatic N) is 7. The summed E-state index contributed by atoms with van der Waals surface area (Å²) in [4.78, 5) is 22.7. The number of fused-ring (bicyclic) bond motifs is 2. The first-order chi connectivity index (χ1) is 20.5. The molecule has 0 unspecified atom stereocenters. The number of aryl methyl sites for hydroxylation is 1. The lowest BCUT2D eigenvalue weighted by atomic mass is 9.50. The number of hydrogen-bond donors (Lipinski definition) is 1. The van der Waals surface area contributed by atoms with Gasteiger partial charge in [-0.05, 0) is 60.2 Å². The van der Waals surface area contributed by atoms with Crippen molar-refractivity contribution in [2.75, 3.05) is 11.9 Å². The van der Waals surface area contributed by atoms with Gasteiger partial charge in [-0.25, -0.2) is 9.67 Å². The summed E-state index contributed by atoms with van der Waals surface area (Å²) in [5.74, 6) is 0.794. The average Bonchev–Trinajstić information content (AvgIpc) is 3.39. The van der Waals surface area contributed by atoms with Gasteiger partial charge in [0.15, 0.2) is 0 Å². The summed E-state index contributed by atoms with van der Waals surface area (Å²) in [5.41, 5.74) is 4.18. The molecule has 3 aliphatic rings. The van der Waals surface area contributed by atoms with Gasteiger partial charge in [0.1, 0.15) is 17.5 Å². The minimum absolute atomic E-state index is 0.0211. The van der Waals surface area contributed by atoms with E-state index in [4.69, 9.17) is 16.6 Å². The summed E-state index contributed by atoms with van der Waals surface area (Å²) in [5, 5.41) is 25.0. The SMILES string of the molecule is Cn1ccc2c(/C(=N\c3cc(Cl)c4ncc(C#N)c(NCC(C)(C)C)c4c3)c3cn(C45CC(C4)C5)nn3)cccc2c1=O.